The van der Waals surface area contributed by atoms with Gasteiger partial charge in [0, 0.05) is 22.7 Å². The lowest BCUT2D eigenvalue weighted by Gasteiger charge is -2.13. The summed E-state index contributed by atoms with van der Waals surface area (Å²) in [5.74, 6) is -2.40. The van der Waals surface area contributed by atoms with Crippen LogP contribution in [-0.4, -0.2) is 30.1 Å². The van der Waals surface area contributed by atoms with Crippen LogP contribution in [0.4, 0.5) is 8.78 Å². The second-order valence-corrected chi connectivity index (χ2v) is 7.26. The van der Waals surface area contributed by atoms with Gasteiger partial charge in [0.05, 0.1) is 23.3 Å². The Bertz CT molecular complexity index is 1310. The summed E-state index contributed by atoms with van der Waals surface area (Å²) in [5.41, 5.74) is 1.74. The Hall–Kier alpha value is -3.67. The highest BCUT2D eigenvalue weighted by Crippen LogP contribution is 2.31. The minimum atomic E-state index is -2.95. The van der Waals surface area contributed by atoms with Gasteiger partial charge in [-0.1, -0.05) is 12.1 Å². The lowest BCUT2D eigenvalue weighted by Crippen LogP contribution is -2.18. The highest BCUT2D eigenvalue weighted by Gasteiger charge is 2.32. The molecule has 0 bridgehead atoms. The molecule has 0 aliphatic heterocycles. The number of imidazole rings is 1. The number of pyridine rings is 1. The monoisotopic (exact) mass is 408 g/mol. The Labute approximate surface area is 170 Å². The van der Waals surface area contributed by atoms with Crippen molar-refractivity contribution in [2.75, 3.05) is 0 Å². The van der Waals surface area contributed by atoms with Crippen LogP contribution < -0.4 is 0 Å². The molecule has 1 unspecified atom stereocenters. The largest absolute Gasteiger partial charge is 0.320 e. The minimum Gasteiger partial charge on any atom is -0.292 e. The molecule has 9 heteroatoms. The van der Waals surface area contributed by atoms with E-state index in [-0.39, 0.29) is 22.9 Å². The van der Waals surface area contributed by atoms with Crippen molar-refractivity contribution in [3.8, 4) is 6.07 Å². The summed E-state index contributed by atoms with van der Waals surface area (Å²) >= 11 is 0. The number of halogens is 2. The molecule has 0 aliphatic rings. The van der Waals surface area contributed by atoms with Crippen LogP contribution in [0.2, 0.25) is 0 Å². The Kier molecular flexibility index (Phi) is 4.78. The second kappa shape index (κ2) is 7.30. The Balaban J connectivity index is 1.91. The van der Waals surface area contributed by atoms with E-state index in [9.17, 15) is 18.8 Å². The SMILES string of the molecule is Cc1cc(C(=O)C(C#N)c2nc3ccccc3n2C(F)F)c2cnn(C(C)C)c2n1. The zero-order chi connectivity index (χ0) is 21.6. The van der Waals surface area contributed by atoms with Gasteiger partial charge in [-0.25, -0.2) is 14.6 Å². The summed E-state index contributed by atoms with van der Waals surface area (Å²) in [4.78, 5) is 22.0. The Morgan fingerprint density at radius 3 is 2.60 bits per heavy atom. The summed E-state index contributed by atoms with van der Waals surface area (Å²) in [6.45, 7) is 2.64. The number of hydrogen-bond acceptors (Lipinski definition) is 5. The number of fused-ring (bicyclic) bond motifs is 2. The molecule has 0 N–H and O–H groups in total. The molecular weight excluding hydrogens is 390 g/mol. The van der Waals surface area contributed by atoms with Gasteiger partial charge in [-0.3, -0.25) is 9.36 Å². The van der Waals surface area contributed by atoms with Crippen LogP contribution in [0.3, 0.4) is 0 Å². The molecule has 4 aromatic rings. The van der Waals surface area contributed by atoms with Crippen LogP contribution in [0, 0.1) is 18.3 Å². The molecule has 152 valence electrons. The third-order valence-electron chi connectivity index (χ3n) is 4.92. The minimum absolute atomic E-state index is 0.00884. The van der Waals surface area contributed by atoms with Crippen molar-refractivity contribution in [3.63, 3.8) is 0 Å². The zero-order valence-corrected chi connectivity index (χ0v) is 16.5. The molecule has 1 aromatic carbocycles. The van der Waals surface area contributed by atoms with E-state index >= 15 is 0 Å². The molecule has 0 aliphatic carbocycles. The third-order valence-corrected chi connectivity index (χ3v) is 4.92. The second-order valence-electron chi connectivity index (χ2n) is 7.26. The van der Waals surface area contributed by atoms with E-state index in [1.807, 2.05) is 19.9 Å². The maximum atomic E-state index is 13.8. The molecule has 30 heavy (non-hydrogen) atoms. The van der Waals surface area contributed by atoms with Gasteiger partial charge in [-0.15, -0.1) is 0 Å². The van der Waals surface area contributed by atoms with Gasteiger partial charge in [-0.2, -0.15) is 19.1 Å². The van der Waals surface area contributed by atoms with Crippen LogP contribution in [0.1, 0.15) is 54.2 Å². The highest BCUT2D eigenvalue weighted by atomic mass is 19.3. The predicted octanol–water partition coefficient (Wildman–Crippen LogP) is 4.56. The number of nitrogens with zero attached hydrogens (tertiary/aromatic N) is 6. The van der Waals surface area contributed by atoms with Crippen molar-refractivity contribution in [1.82, 2.24) is 24.3 Å². The molecule has 0 saturated heterocycles. The first-order chi connectivity index (χ1) is 14.3. The van der Waals surface area contributed by atoms with Gasteiger partial charge in [0.15, 0.2) is 17.3 Å². The van der Waals surface area contributed by atoms with Gasteiger partial charge in [0.25, 0.3) is 0 Å². The molecule has 1 atom stereocenters. The first-order valence-corrected chi connectivity index (χ1v) is 9.37. The van der Waals surface area contributed by atoms with Crippen LogP contribution in [-0.2, 0) is 0 Å². The summed E-state index contributed by atoms with van der Waals surface area (Å²) in [6.07, 6.45) is 1.51. The van der Waals surface area contributed by atoms with E-state index in [0.29, 0.717) is 26.8 Å². The highest BCUT2D eigenvalue weighted by molar-refractivity contribution is 6.11. The topological polar surface area (TPSA) is 89.4 Å². The summed E-state index contributed by atoms with van der Waals surface area (Å²) < 4.78 is 30.0. The third kappa shape index (κ3) is 3.01. The van der Waals surface area contributed by atoms with Crippen molar-refractivity contribution >= 4 is 27.9 Å². The van der Waals surface area contributed by atoms with Gasteiger partial charge >= 0.3 is 6.55 Å². The number of benzene rings is 1. The predicted molar refractivity (Wildman–Crippen MR) is 106 cm³/mol. The molecule has 3 heterocycles. The van der Waals surface area contributed by atoms with Gasteiger partial charge < -0.3 is 0 Å². The number of carbonyl (C=O) groups excluding carboxylic acids is 1. The first kappa shape index (κ1) is 19.6. The van der Waals surface area contributed by atoms with Crippen LogP contribution in [0.25, 0.3) is 22.1 Å². The van der Waals surface area contributed by atoms with E-state index in [4.69, 9.17) is 0 Å². The smallest absolute Gasteiger partial charge is 0.292 e. The van der Waals surface area contributed by atoms with Crippen molar-refractivity contribution in [3.05, 3.63) is 53.6 Å². The van der Waals surface area contributed by atoms with Gasteiger partial charge in [-0.05, 0) is 39.0 Å². The number of rotatable bonds is 5. The molecule has 0 amide bonds. The van der Waals surface area contributed by atoms with E-state index in [1.54, 1.807) is 35.9 Å². The van der Waals surface area contributed by atoms with Crippen molar-refractivity contribution < 1.29 is 13.6 Å². The number of alkyl halides is 2. The van der Waals surface area contributed by atoms with E-state index in [2.05, 4.69) is 15.1 Å². The van der Waals surface area contributed by atoms with E-state index in [0.717, 1.165) is 0 Å². The Morgan fingerprint density at radius 1 is 1.20 bits per heavy atom. The van der Waals surface area contributed by atoms with Crippen molar-refractivity contribution in [1.29, 1.82) is 5.26 Å². The van der Waals surface area contributed by atoms with Crippen LogP contribution in [0.15, 0.2) is 36.5 Å². The molecule has 7 nitrogen and oxygen atoms in total. The average molecular weight is 408 g/mol. The molecule has 0 fully saturated rings. The number of hydrogen-bond donors (Lipinski definition) is 0. The molecule has 0 radical (unpaired) electrons. The number of aryl methyl sites for hydroxylation is 1. The summed E-state index contributed by atoms with van der Waals surface area (Å²) in [5, 5.41) is 14.5. The van der Waals surface area contributed by atoms with Crippen molar-refractivity contribution in [2.24, 2.45) is 0 Å². The number of aromatic nitrogens is 5. The maximum Gasteiger partial charge on any atom is 0.320 e. The zero-order valence-electron chi connectivity index (χ0n) is 16.5. The summed E-state index contributed by atoms with van der Waals surface area (Å²) in [7, 11) is 0. The lowest BCUT2D eigenvalue weighted by molar-refractivity contribution is 0.0701. The van der Waals surface area contributed by atoms with E-state index < -0.39 is 18.3 Å². The molecular formula is C21H18F2N6O. The average Bonchev–Trinajstić information content (AvgIpc) is 3.29. The summed E-state index contributed by atoms with van der Waals surface area (Å²) in [6, 6.07) is 9.75. The fraction of sp³-hybridized carbons (Fsp3) is 0.286. The molecule has 4 rings (SSSR count). The van der Waals surface area contributed by atoms with E-state index in [1.165, 1.54) is 12.3 Å². The van der Waals surface area contributed by atoms with Gasteiger partial charge in [0.2, 0.25) is 0 Å². The number of nitriles is 1. The fourth-order valence-corrected chi connectivity index (χ4v) is 3.59. The lowest BCUT2D eigenvalue weighted by atomic mass is 9.96. The fourth-order valence-electron chi connectivity index (χ4n) is 3.59. The first-order valence-electron chi connectivity index (χ1n) is 9.37. The van der Waals surface area contributed by atoms with Crippen molar-refractivity contribution in [2.45, 2.75) is 39.3 Å². The standard InChI is InChI=1S/C21H18F2N6O/c1-11(2)29-20-15(10-25-29)13(8-12(3)26-20)18(30)14(9-24)19-27-16-6-4-5-7-17(16)28(19)21(22)23/h4-8,10-11,14,21H,1-3H3. The van der Waals surface area contributed by atoms with Crippen LogP contribution >= 0.6 is 0 Å². The molecule has 3 aromatic heterocycles. The number of carbonyl (C=O) groups is 1. The Morgan fingerprint density at radius 2 is 1.93 bits per heavy atom. The number of ketones is 1. The normalized spacial score (nSPS) is 12.7. The molecule has 0 saturated carbocycles. The molecule has 0 spiro atoms. The number of Topliss-reactive ketones (excluding diaryl/α,β-unsaturated/α-hetero) is 1. The number of para-hydroxylation sites is 2. The quantitative estimate of drug-likeness (QED) is 0.452. The van der Waals surface area contributed by atoms with Crippen LogP contribution in [0.5, 0.6) is 0 Å². The van der Waals surface area contributed by atoms with Gasteiger partial charge in [0.1, 0.15) is 5.82 Å². The maximum absolute atomic E-state index is 13.8.